The fourth-order valence-electron chi connectivity index (χ4n) is 1.36. The lowest BCUT2D eigenvalue weighted by Gasteiger charge is -2.07. The molecule has 1 aromatic carbocycles. The van der Waals surface area contributed by atoms with Gasteiger partial charge in [-0.1, -0.05) is 0 Å². The number of rotatable bonds is 5. The number of hydrogen-bond acceptors (Lipinski definition) is 5. The number of benzene rings is 1. The third-order valence-electron chi connectivity index (χ3n) is 2.52. The van der Waals surface area contributed by atoms with Gasteiger partial charge in [0.2, 0.25) is 0 Å². The van der Waals surface area contributed by atoms with Gasteiger partial charge in [0, 0.05) is 11.6 Å². The third kappa shape index (κ3) is 4.09. The van der Waals surface area contributed by atoms with E-state index in [9.17, 15) is 14.9 Å². The standard InChI is InChI=1S/C13H15NO5/c1-9-4-5-11(14(16)17)8-12(9)19-7-6-10(2)13(15)18-3/h4-6,8H,7H2,1-3H3. The zero-order valence-electron chi connectivity index (χ0n) is 11.0. The van der Waals surface area contributed by atoms with E-state index >= 15 is 0 Å². The fourth-order valence-corrected chi connectivity index (χ4v) is 1.36. The normalized spacial score (nSPS) is 11.0. The van der Waals surface area contributed by atoms with Gasteiger partial charge in [0.1, 0.15) is 12.4 Å². The van der Waals surface area contributed by atoms with Crippen molar-refractivity contribution in [1.29, 1.82) is 0 Å². The summed E-state index contributed by atoms with van der Waals surface area (Å²) in [6.07, 6.45) is 1.56. The number of nitrogens with zero attached hydrogens (tertiary/aromatic N) is 1. The molecule has 0 bridgehead atoms. The molecular formula is C13H15NO5. The maximum absolute atomic E-state index is 11.1. The quantitative estimate of drug-likeness (QED) is 0.353. The molecule has 0 aliphatic rings. The molecule has 0 radical (unpaired) electrons. The van der Waals surface area contributed by atoms with Crippen molar-refractivity contribution in [3.05, 3.63) is 45.5 Å². The number of methoxy groups -OCH3 is 1. The molecule has 0 saturated heterocycles. The second-order valence-electron chi connectivity index (χ2n) is 3.90. The fraction of sp³-hybridized carbons (Fsp3) is 0.308. The highest BCUT2D eigenvalue weighted by atomic mass is 16.6. The van der Waals surface area contributed by atoms with Crippen LogP contribution in [0.4, 0.5) is 5.69 Å². The molecule has 0 saturated carbocycles. The van der Waals surface area contributed by atoms with Crippen LogP contribution in [0.3, 0.4) is 0 Å². The van der Waals surface area contributed by atoms with Gasteiger partial charge in [0.15, 0.2) is 0 Å². The van der Waals surface area contributed by atoms with Crippen LogP contribution in [0, 0.1) is 17.0 Å². The molecule has 102 valence electrons. The number of ether oxygens (including phenoxy) is 2. The Morgan fingerprint density at radius 2 is 2.16 bits per heavy atom. The molecule has 19 heavy (non-hydrogen) atoms. The molecule has 0 atom stereocenters. The van der Waals surface area contributed by atoms with Crippen LogP contribution >= 0.6 is 0 Å². The molecule has 0 unspecified atom stereocenters. The second kappa shape index (κ2) is 6.53. The van der Waals surface area contributed by atoms with E-state index in [0.29, 0.717) is 11.3 Å². The van der Waals surface area contributed by atoms with Gasteiger partial charge < -0.3 is 9.47 Å². The lowest BCUT2D eigenvalue weighted by molar-refractivity contribution is -0.384. The first-order chi connectivity index (χ1) is 8.95. The summed E-state index contributed by atoms with van der Waals surface area (Å²) in [4.78, 5) is 21.3. The van der Waals surface area contributed by atoms with Crippen LogP contribution in [0.1, 0.15) is 12.5 Å². The first-order valence-corrected chi connectivity index (χ1v) is 5.58. The summed E-state index contributed by atoms with van der Waals surface area (Å²) in [7, 11) is 1.30. The molecule has 0 amide bonds. The molecular weight excluding hydrogens is 250 g/mol. The van der Waals surface area contributed by atoms with E-state index in [4.69, 9.17) is 4.74 Å². The minimum atomic E-state index is -0.484. The molecule has 1 aromatic rings. The van der Waals surface area contributed by atoms with Crippen LogP contribution in [-0.4, -0.2) is 24.6 Å². The van der Waals surface area contributed by atoms with E-state index < -0.39 is 10.9 Å². The summed E-state index contributed by atoms with van der Waals surface area (Å²) < 4.78 is 9.94. The Morgan fingerprint density at radius 3 is 2.74 bits per heavy atom. The maximum atomic E-state index is 11.1. The molecule has 6 heteroatoms. The number of hydrogen-bond donors (Lipinski definition) is 0. The van der Waals surface area contributed by atoms with Gasteiger partial charge >= 0.3 is 5.97 Å². The summed E-state index contributed by atoms with van der Waals surface area (Å²) in [6.45, 7) is 3.54. The Kier molecular flexibility index (Phi) is 5.05. The predicted octanol–water partition coefficient (Wildman–Crippen LogP) is 2.40. The van der Waals surface area contributed by atoms with E-state index in [0.717, 1.165) is 5.56 Å². The summed E-state index contributed by atoms with van der Waals surface area (Å²) >= 11 is 0. The monoisotopic (exact) mass is 265 g/mol. The zero-order valence-corrected chi connectivity index (χ0v) is 11.0. The van der Waals surface area contributed by atoms with Crippen molar-refractivity contribution >= 4 is 11.7 Å². The molecule has 0 N–H and O–H groups in total. The molecule has 0 aromatic heterocycles. The minimum absolute atomic E-state index is 0.0331. The molecule has 1 rings (SSSR count). The van der Waals surface area contributed by atoms with Crippen LogP contribution in [0.2, 0.25) is 0 Å². The van der Waals surface area contributed by atoms with E-state index in [2.05, 4.69) is 4.74 Å². The highest BCUT2D eigenvalue weighted by Gasteiger charge is 2.09. The Labute approximate surface area is 110 Å². The van der Waals surface area contributed by atoms with Crippen molar-refractivity contribution in [3.63, 3.8) is 0 Å². The van der Waals surface area contributed by atoms with Gasteiger partial charge in [0.25, 0.3) is 5.69 Å². The van der Waals surface area contributed by atoms with E-state index in [1.54, 1.807) is 26.0 Å². The SMILES string of the molecule is COC(=O)C(C)=CCOc1cc([N+](=O)[O-])ccc1C. The van der Waals surface area contributed by atoms with Crippen molar-refractivity contribution in [2.45, 2.75) is 13.8 Å². The van der Waals surface area contributed by atoms with Crippen LogP contribution in [0.15, 0.2) is 29.8 Å². The topological polar surface area (TPSA) is 78.7 Å². The average molecular weight is 265 g/mol. The van der Waals surface area contributed by atoms with E-state index in [1.807, 2.05) is 0 Å². The van der Waals surface area contributed by atoms with Crippen LogP contribution in [-0.2, 0) is 9.53 Å². The summed E-state index contributed by atoms with van der Waals surface area (Å²) in [5.74, 6) is -0.0116. The van der Waals surface area contributed by atoms with Gasteiger partial charge in [-0.25, -0.2) is 4.79 Å². The Morgan fingerprint density at radius 1 is 1.47 bits per heavy atom. The molecule has 0 aliphatic heterocycles. The van der Waals surface area contributed by atoms with Crippen molar-refractivity contribution in [2.75, 3.05) is 13.7 Å². The first kappa shape index (κ1) is 14.7. The molecule has 0 fully saturated rings. The number of nitro groups is 1. The average Bonchev–Trinajstić information content (AvgIpc) is 2.39. The van der Waals surface area contributed by atoms with Gasteiger partial charge in [0.05, 0.1) is 18.1 Å². The van der Waals surface area contributed by atoms with Crippen LogP contribution in [0.25, 0.3) is 0 Å². The largest absolute Gasteiger partial charge is 0.489 e. The molecule has 6 nitrogen and oxygen atoms in total. The second-order valence-corrected chi connectivity index (χ2v) is 3.90. The van der Waals surface area contributed by atoms with Crippen molar-refractivity contribution < 1.29 is 19.2 Å². The van der Waals surface area contributed by atoms with Gasteiger partial charge in [-0.15, -0.1) is 0 Å². The van der Waals surface area contributed by atoms with E-state index in [-0.39, 0.29) is 12.3 Å². The first-order valence-electron chi connectivity index (χ1n) is 5.58. The molecule has 0 spiro atoms. The number of non-ortho nitro benzene ring substituents is 1. The summed E-state index contributed by atoms with van der Waals surface area (Å²) in [6, 6.07) is 4.39. The zero-order chi connectivity index (χ0) is 14.4. The van der Waals surface area contributed by atoms with Crippen molar-refractivity contribution in [1.82, 2.24) is 0 Å². The van der Waals surface area contributed by atoms with Crippen LogP contribution in [0.5, 0.6) is 5.75 Å². The highest BCUT2D eigenvalue weighted by molar-refractivity contribution is 5.87. The van der Waals surface area contributed by atoms with Crippen molar-refractivity contribution in [3.8, 4) is 5.75 Å². The van der Waals surface area contributed by atoms with Gasteiger partial charge in [-0.2, -0.15) is 0 Å². The number of esters is 1. The number of aryl methyl sites for hydroxylation is 1. The third-order valence-corrected chi connectivity index (χ3v) is 2.52. The predicted molar refractivity (Wildman–Crippen MR) is 69.1 cm³/mol. The maximum Gasteiger partial charge on any atom is 0.333 e. The van der Waals surface area contributed by atoms with Gasteiger partial charge in [-0.3, -0.25) is 10.1 Å². The number of carbonyl (C=O) groups excluding carboxylic acids is 1. The summed E-state index contributed by atoms with van der Waals surface area (Å²) in [5.41, 5.74) is 1.18. The highest BCUT2D eigenvalue weighted by Crippen LogP contribution is 2.24. The minimum Gasteiger partial charge on any atom is -0.489 e. The lowest BCUT2D eigenvalue weighted by Crippen LogP contribution is -2.04. The smallest absolute Gasteiger partial charge is 0.333 e. The van der Waals surface area contributed by atoms with Crippen LogP contribution < -0.4 is 4.74 Å². The molecule has 0 aliphatic carbocycles. The number of carbonyl (C=O) groups is 1. The molecule has 0 heterocycles. The van der Waals surface area contributed by atoms with Crippen molar-refractivity contribution in [2.24, 2.45) is 0 Å². The van der Waals surface area contributed by atoms with Gasteiger partial charge in [-0.05, 0) is 31.6 Å². The number of nitro benzene ring substituents is 1. The Hall–Kier alpha value is -2.37. The van der Waals surface area contributed by atoms with E-state index in [1.165, 1.54) is 19.2 Å². The summed E-state index contributed by atoms with van der Waals surface area (Å²) in [5, 5.41) is 10.7. The Balaban J connectivity index is 2.75. The lowest BCUT2D eigenvalue weighted by atomic mass is 10.2. The Bertz CT molecular complexity index is 522.